The Balaban J connectivity index is 1.60. The molecule has 2 N–H and O–H groups in total. The highest BCUT2D eigenvalue weighted by atomic mass is 32.1. The van der Waals surface area contributed by atoms with Crippen molar-refractivity contribution < 1.29 is 4.79 Å². The molecule has 4 nitrogen and oxygen atoms in total. The number of rotatable bonds is 4. The average Bonchev–Trinajstić information content (AvgIpc) is 3.09. The van der Waals surface area contributed by atoms with E-state index in [9.17, 15) is 4.79 Å². The van der Waals surface area contributed by atoms with Crippen molar-refractivity contribution in [1.29, 1.82) is 0 Å². The molecule has 0 spiro atoms. The van der Waals surface area contributed by atoms with Crippen molar-refractivity contribution >= 4 is 23.1 Å². The molecule has 2 aromatic heterocycles. The second kappa shape index (κ2) is 6.87. The summed E-state index contributed by atoms with van der Waals surface area (Å²) in [7, 11) is 0. The third-order valence-electron chi connectivity index (χ3n) is 3.13. The number of amides is 2. The van der Waals surface area contributed by atoms with Crippen molar-refractivity contribution in [3.8, 4) is 11.3 Å². The number of carbonyl (C=O) groups excluding carboxylic acids is 1. The molecule has 1 aromatic carbocycles. The lowest BCUT2D eigenvalue weighted by Crippen LogP contribution is -2.28. The van der Waals surface area contributed by atoms with Gasteiger partial charge in [-0.2, -0.15) is 11.3 Å². The van der Waals surface area contributed by atoms with Gasteiger partial charge in [-0.1, -0.05) is 18.2 Å². The van der Waals surface area contributed by atoms with Crippen LogP contribution in [0.2, 0.25) is 0 Å². The monoisotopic (exact) mass is 309 g/mol. The fourth-order valence-electron chi connectivity index (χ4n) is 2.03. The largest absolute Gasteiger partial charge is 0.334 e. The highest BCUT2D eigenvalue weighted by Gasteiger charge is 2.04. The number of thiophene rings is 1. The molecule has 2 amide bonds. The molecule has 0 saturated heterocycles. The van der Waals surface area contributed by atoms with Crippen molar-refractivity contribution in [1.82, 2.24) is 10.3 Å². The molecular weight excluding hydrogens is 294 g/mol. The van der Waals surface area contributed by atoms with Crippen LogP contribution in [0.5, 0.6) is 0 Å². The van der Waals surface area contributed by atoms with Crippen LogP contribution in [0.15, 0.2) is 65.5 Å². The zero-order valence-electron chi connectivity index (χ0n) is 11.8. The van der Waals surface area contributed by atoms with E-state index in [4.69, 9.17) is 0 Å². The molecule has 0 saturated carbocycles. The number of anilines is 1. The first kappa shape index (κ1) is 14.3. The van der Waals surface area contributed by atoms with Gasteiger partial charge in [-0.05, 0) is 41.3 Å². The zero-order valence-corrected chi connectivity index (χ0v) is 12.6. The number of urea groups is 1. The van der Waals surface area contributed by atoms with Crippen LogP contribution >= 0.6 is 11.3 Å². The number of hydrogen-bond donors (Lipinski definition) is 2. The Labute approximate surface area is 132 Å². The summed E-state index contributed by atoms with van der Waals surface area (Å²) in [5, 5.41) is 9.72. The van der Waals surface area contributed by atoms with E-state index >= 15 is 0 Å². The van der Waals surface area contributed by atoms with Crippen LogP contribution in [0, 0.1) is 0 Å². The third-order valence-corrected chi connectivity index (χ3v) is 3.81. The molecule has 0 atom stereocenters. The van der Waals surface area contributed by atoms with Gasteiger partial charge in [-0.3, -0.25) is 4.98 Å². The van der Waals surface area contributed by atoms with Gasteiger partial charge in [0.25, 0.3) is 0 Å². The summed E-state index contributed by atoms with van der Waals surface area (Å²) in [5.41, 5.74) is 3.80. The topological polar surface area (TPSA) is 54.0 Å². The second-order valence-corrected chi connectivity index (χ2v) is 5.52. The van der Waals surface area contributed by atoms with Gasteiger partial charge in [0.2, 0.25) is 0 Å². The summed E-state index contributed by atoms with van der Waals surface area (Å²) in [4.78, 5) is 16.2. The summed E-state index contributed by atoms with van der Waals surface area (Å²) in [6.07, 6.45) is 1.76. The normalized spacial score (nSPS) is 10.2. The first-order valence-electron chi connectivity index (χ1n) is 6.89. The molecule has 3 aromatic rings. The maximum atomic E-state index is 11.9. The molecule has 110 valence electrons. The molecule has 2 heterocycles. The van der Waals surface area contributed by atoms with Gasteiger partial charge >= 0.3 is 6.03 Å². The maximum absolute atomic E-state index is 11.9. The Hall–Kier alpha value is -2.66. The quantitative estimate of drug-likeness (QED) is 0.761. The number of carbonyl (C=O) groups is 1. The predicted molar refractivity (Wildman–Crippen MR) is 89.9 cm³/mol. The second-order valence-electron chi connectivity index (χ2n) is 4.74. The highest BCUT2D eigenvalue weighted by molar-refractivity contribution is 7.08. The van der Waals surface area contributed by atoms with E-state index in [0.717, 1.165) is 22.5 Å². The molecule has 0 radical (unpaired) electrons. The number of pyridine rings is 1. The Morgan fingerprint density at radius 2 is 2.00 bits per heavy atom. The summed E-state index contributed by atoms with van der Waals surface area (Å²) in [6.45, 7) is 0.457. The third kappa shape index (κ3) is 3.71. The number of benzene rings is 1. The molecule has 0 aliphatic carbocycles. The van der Waals surface area contributed by atoms with E-state index in [-0.39, 0.29) is 6.03 Å². The number of para-hydroxylation sites is 1. The molecule has 0 fully saturated rings. The summed E-state index contributed by atoms with van der Waals surface area (Å²) >= 11 is 1.64. The Morgan fingerprint density at radius 1 is 1.14 bits per heavy atom. The van der Waals surface area contributed by atoms with Crippen LogP contribution in [0.4, 0.5) is 10.5 Å². The number of hydrogen-bond acceptors (Lipinski definition) is 3. The van der Waals surface area contributed by atoms with Crippen LogP contribution in [-0.4, -0.2) is 11.0 Å². The van der Waals surface area contributed by atoms with Crippen molar-refractivity contribution in [3.63, 3.8) is 0 Å². The number of aromatic nitrogens is 1. The van der Waals surface area contributed by atoms with Gasteiger partial charge in [0.1, 0.15) is 0 Å². The van der Waals surface area contributed by atoms with Crippen molar-refractivity contribution in [2.24, 2.45) is 0 Å². The molecule has 3 rings (SSSR count). The Morgan fingerprint density at radius 3 is 2.77 bits per heavy atom. The van der Waals surface area contributed by atoms with Gasteiger partial charge in [0.15, 0.2) is 0 Å². The van der Waals surface area contributed by atoms with Crippen molar-refractivity contribution in [2.45, 2.75) is 6.54 Å². The number of nitrogens with one attached hydrogen (secondary N) is 2. The lowest BCUT2D eigenvalue weighted by atomic mass is 10.1. The van der Waals surface area contributed by atoms with E-state index < -0.39 is 0 Å². The summed E-state index contributed by atoms with van der Waals surface area (Å²) in [6, 6.07) is 15.1. The van der Waals surface area contributed by atoms with Crippen LogP contribution in [0.1, 0.15) is 5.56 Å². The molecule has 0 aliphatic heterocycles. The van der Waals surface area contributed by atoms with Crippen LogP contribution < -0.4 is 10.6 Å². The molecule has 0 bridgehead atoms. The van der Waals surface area contributed by atoms with Crippen LogP contribution in [0.25, 0.3) is 11.3 Å². The van der Waals surface area contributed by atoms with Gasteiger partial charge in [-0.15, -0.1) is 0 Å². The van der Waals surface area contributed by atoms with E-state index in [1.807, 2.05) is 53.9 Å². The molecule has 22 heavy (non-hydrogen) atoms. The minimum absolute atomic E-state index is 0.222. The summed E-state index contributed by atoms with van der Waals surface area (Å²) < 4.78 is 0. The van der Waals surface area contributed by atoms with Gasteiger partial charge in [0.05, 0.1) is 5.69 Å². The average molecular weight is 309 g/mol. The highest BCUT2D eigenvalue weighted by Crippen LogP contribution is 2.20. The standard InChI is InChI=1S/C17H15N3OS/c21-17(20-15-4-2-1-3-5-15)19-11-13-6-8-18-16(10-13)14-7-9-22-12-14/h1-10,12H,11H2,(H2,19,20,21). The number of nitrogens with zero attached hydrogens (tertiary/aromatic N) is 1. The smallest absolute Gasteiger partial charge is 0.319 e. The van der Waals surface area contributed by atoms with Gasteiger partial charge < -0.3 is 10.6 Å². The van der Waals surface area contributed by atoms with Crippen LogP contribution in [-0.2, 0) is 6.54 Å². The van der Waals surface area contributed by atoms with Crippen LogP contribution in [0.3, 0.4) is 0 Å². The first-order chi connectivity index (χ1) is 10.8. The molecular formula is C17H15N3OS. The fraction of sp³-hybridized carbons (Fsp3) is 0.0588. The first-order valence-corrected chi connectivity index (χ1v) is 7.83. The predicted octanol–water partition coefficient (Wildman–Crippen LogP) is 4.13. The minimum Gasteiger partial charge on any atom is -0.334 e. The lowest BCUT2D eigenvalue weighted by molar-refractivity contribution is 0.251. The van der Waals surface area contributed by atoms with E-state index in [1.54, 1.807) is 17.5 Å². The fourth-order valence-corrected chi connectivity index (χ4v) is 2.68. The van der Waals surface area contributed by atoms with E-state index in [0.29, 0.717) is 6.54 Å². The lowest BCUT2D eigenvalue weighted by Gasteiger charge is -2.08. The van der Waals surface area contributed by atoms with Gasteiger partial charge in [0, 0.05) is 29.4 Å². The van der Waals surface area contributed by atoms with Crippen molar-refractivity contribution in [2.75, 3.05) is 5.32 Å². The van der Waals surface area contributed by atoms with E-state index in [1.165, 1.54) is 0 Å². The molecule has 0 aliphatic rings. The Kier molecular flexibility index (Phi) is 4.46. The minimum atomic E-state index is -0.222. The molecule has 0 unspecified atom stereocenters. The van der Waals surface area contributed by atoms with Gasteiger partial charge in [-0.25, -0.2) is 4.79 Å². The Bertz CT molecular complexity index is 742. The van der Waals surface area contributed by atoms with Crippen molar-refractivity contribution in [3.05, 3.63) is 71.1 Å². The SMILES string of the molecule is O=C(NCc1ccnc(-c2ccsc2)c1)Nc1ccccc1. The van der Waals surface area contributed by atoms with E-state index in [2.05, 4.69) is 21.0 Å². The molecule has 5 heteroatoms. The zero-order chi connectivity index (χ0) is 15.2. The maximum Gasteiger partial charge on any atom is 0.319 e. The summed E-state index contributed by atoms with van der Waals surface area (Å²) in [5.74, 6) is 0.